The molecule has 3 nitrogen and oxygen atoms in total. The average Bonchev–Trinajstić information content (AvgIpc) is 3.31. The zero-order chi connectivity index (χ0) is 38.3. The van der Waals surface area contributed by atoms with Gasteiger partial charge in [0.25, 0.3) is 0 Å². The molecule has 3 aliphatic heterocycles. The molecule has 0 amide bonds. The third-order valence-electron chi connectivity index (χ3n) is 12.8. The minimum absolute atomic E-state index is 0.580. The summed E-state index contributed by atoms with van der Waals surface area (Å²) in [5.74, 6) is 0. The summed E-state index contributed by atoms with van der Waals surface area (Å²) in [6.45, 7) is 0. The SMILES string of the molecule is c1ccc(N2c3ccccc3[Si]3(c4ccccc42)c2ccccc2C2(c4ccccc4N(c4ccc(-c5ccccn5)cc4)c4ccccc42)c2ccccc23)cc1. The second-order valence-electron chi connectivity index (χ2n) is 15.4. The van der Waals surface area contributed by atoms with Crippen molar-refractivity contribution in [2.75, 3.05) is 9.80 Å². The number of rotatable bonds is 3. The first-order chi connectivity index (χ1) is 28.8. The summed E-state index contributed by atoms with van der Waals surface area (Å²) in [7, 11) is -2.96. The molecular formula is C54H37N3Si. The van der Waals surface area contributed by atoms with E-state index < -0.39 is 13.5 Å². The molecule has 1 aromatic heterocycles. The smallest absolute Gasteiger partial charge is 0.184 e. The molecule has 0 unspecified atom stereocenters. The van der Waals surface area contributed by atoms with E-state index in [-0.39, 0.29) is 0 Å². The van der Waals surface area contributed by atoms with E-state index >= 15 is 0 Å². The summed E-state index contributed by atoms with van der Waals surface area (Å²) < 4.78 is 0. The summed E-state index contributed by atoms with van der Waals surface area (Å²) in [4.78, 5) is 9.59. The summed E-state index contributed by atoms with van der Waals surface area (Å²) in [5.41, 5.74) is 14.0. The highest BCUT2D eigenvalue weighted by Crippen LogP contribution is 2.58. The van der Waals surface area contributed by atoms with E-state index in [1.165, 1.54) is 71.4 Å². The fourth-order valence-corrected chi connectivity index (χ4v) is 16.3. The second-order valence-corrected chi connectivity index (χ2v) is 19.1. The van der Waals surface area contributed by atoms with E-state index in [9.17, 15) is 0 Å². The number of hydrogen-bond acceptors (Lipinski definition) is 3. The van der Waals surface area contributed by atoms with Crippen LogP contribution in [0.25, 0.3) is 11.3 Å². The Morgan fingerprint density at radius 3 is 1.28 bits per heavy atom. The molecule has 0 fully saturated rings. The Balaban J connectivity index is 1.17. The van der Waals surface area contributed by atoms with Gasteiger partial charge in [-0.25, -0.2) is 0 Å². The van der Waals surface area contributed by atoms with Crippen molar-refractivity contribution in [3.63, 3.8) is 0 Å². The Kier molecular flexibility index (Phi) is 7.16. The molecular weight excluding hydrogens is 719 g/mol. The maximum absolute atomic E-state index is 4.63. The number of benzene rings is 8. The van der Waals surface area contributed by atoms with E-state index in [1.54, 1.807) is 0 Å². The van der Waals surface area contributed by atoms with Gasteiger partial charge < -0.3 is 9.80 Å². The Morgan fingerprint density at radius 2 is 0.741 bits per heavy atom. The van der Waals surface area contributed by atoms with Crippen molar-refractivity contribution in [2.45, 2.75) is 5.41 Å². The van der Waals surface area contributed by atoms with Crippen LogP contribution in [0.1, 0.15) is 22.3 Å². The van der Waals surface area contributed by atoms with Gasteiger partial charge in [0.15, 0.2) is 8.07 Å². The molecule has 8 aromatic carbocycles. The van der Waals surface area contributed by atoms with E-state index in [2.05, 4.69) is 221 Å². The minimum Gasteiger partial charge on any atom is -0.311 e. The molecule has 0 saturated carbocycles. The van der Waals surface area contributed by atoms with E-state index in [0.717, 1.165) is 16.9 Å². The molecule has 272 valence electrons. The molecule has 3 aliphatic rings. The first-order valence-electron chi connectivity index (χ1n) is 20.1. The monoisotopic (exact) mass is 755 g/mol. The topological polar surface area (TPSA) is 19.4 Å². The molecule has 0 aliphatic carbocycles. The number of hydrogen-bond donors (Lipinski definition) is 0. The first-order valence-corrected chi connectivity index (χ1v) is 22.1. The highest BCUT2D eigenvalue weighted by Gasteiger charge is 2.60. The van der Waals surface area contributed by atoms with Crippen LogP contribution in [0, 0.1) is 0 Å². The van der Waals surface area contributed by atoms with Crippen molar-refractivity contribution in [3.8, 4) is 11.3 Å². The third-order valence-corrected chi connectivity index (χ3v) is 17.7. The molecule has 0 N–H and O–H groups in total. The van der Waals surface area contributed by atoms with Gasteiger partial charge in [-0.05, 0) is 104 Å². The summed E-state index contributed by atoms with van der Waals surface area (Å²) in [6, 6.07) is 81.4. The lowest BCUT2D eigenvalue weighted by molar-refractivity contribution is 0.736. The Labute approximate surface area is 339 Å². The first kappa shape index (κ1) is 32.9. The van der Waals surface area contributed by atoms with Crippen LogP contribution in [0.3, 0.4) is 0 Å². The van der Waals surface area contributed by atoms with Crippen molar-refractivity contribution in [3.05, 3.63) is 247 Å². The summed E-state index contributed by atoms with van der Waals surface area (Å²) in [5, 5.41) is 5.72. The molecule has 0 bridgehead atoms. The van der Waals surface area contributed by atoms with Gasteiger partial charge in [-0.1, -0.05) is 158 Å². The van der Waals surface area contributed by atoms with Gasteiger partial charge in [-0.3, -0.25) is 4.98 Å². The normalized spacial score (nSPS) is 14.8. The van der Waals surface area contributed by atoms with Crippen LogP contribution in [0.15, 0.2) is 225 Å². The molecule has 0 atom stereocenters. The van der Waals surface area contributed by atoms with Crippen molar-refractivity contribution in [1.29, 1.82) is 0 Å². The molecule has 12 rings (SSSR count). The van der Waals surface area contributed by atoms with Crippen LogP contribution in [-0.4, -0.2) is 13.1 Å². The van der Waals surface area contributed by atoms with Gasteiger partial charge in [0.1, 0.15) is 0 Å². The van der Waals surface area contributed by atoms with Gasteiger partial charge >= 0.3 is 0 Å². The Morgan fingerprint density at radius 1 is 0.328 bits per heavy atom. The second kappa shape index (κ2) is 12.6. The van der Waals surface area contributed by atoms with Gasteiger partial charge in [0.2, 0.25) is 0 Å². The van der Waals surface area contributed by atoms with Crippen LogP contribution < -0.4 is 30.5 Å². The van der Waals surface area contributed by atoms with Crippen molar-refractivity contribution in [2.24, 2.45) is 0 Å². The zero-order valence-corrected chi connectivity index (χ0v) is 32.7. The maximum atomic E-state index is 4.63. The quantitative estimate of drug-likeness (QED) is 0.167. The number of anilines is 6. The van der Waals surface area contributed by atoms with Crippen LogP contribution in [0.4, 0.5) is 34.1 Å². The maximum Gasteiger partial charge on any atom is 0.184 e. The Hall–Kier alpha value is -7.27. The highest BCUT2D eigenvalue weighted by atomic mass is 28.3. The number of nitrogens with zero attached hydrogens (tertiary/aromatic N) is 3. The predicted molar refractivity (Wildman–Crippen MR) is 242 cm³/mol. The molecule has 0 saturated heterocycles. The molecule has 2 spiro atoms. The fourth-order valence-electron chi connectivity index (χ4n) is 10.7. The lowest BCUT2D eigenvalue weighted by Crippen LogP contribution is -2.81. The van der Waals surface area contributed by atoms with Crippen LogP contribution in [-0.2, 0) is 5.41 Å². The molecule has 4 heteroatoms. The van der Waals surface area contributed by atoms with E-state index in [4.69, 9.17) is 0 Å². The van der Waals surface area contributed by atoms with Gasteiger partial charge in [-0.2, -0.15) is 0 Å². The van der Waals surface area contributed by atoms with E-state index in [1.807, 2.05) is 18.3 Å². The molecule has 0 radical (unpaired) electrons. The van der Waals surface area contributed by atoms with Gasteiger partial charge in [-0.15, -0.1) is 0 Å². The number of fused-ring (bicyclic) bond motifs is 14. The van der Waals surface area contributed by atoms with Crippen molar-refractivity contribution >= 4 is 62.9 Å². The fraction of sp³-hybridized carbons (Fsp3) is 0.0185. The summed E-state index contributed by atoms with van der Waals surface area (Å²) >= 11 is 0. The molecule has 4 heterocycles. The standard InChI is InChI=1S/C54H37N3Si/c1-2-18-39(19-3-1)57-48-27-10-14-31-52(48)58(53-32-15-11-28-49(53)57)50-29-12-6-22-43(50)54(44-23-7-13-30-51(44)58)41-20-4-8-25-46(41)56(47-26-9-5-21-42(47)54)40-35-33-38(34-36-40)45-24-16-17-37-55-45/h1-37H. The Bertz CT molecular complexity index is 2890. The lowest BCUT2D eigenvalue weighted by Gasteiger charge is -2.55. The zero-order valence-electron chi connectivity index (χ0n) is 31.7. The minimum atomic E-state index is -2.96. The largest absolute Gasteiger partial charge is 0.311 e. The lowest BCUT2D eigenvalue weighted by atomic mass is 9.62. The van der Waals surface area contributed by atoms with Crippen LogP contribution in [0.2, 0.25) is 0 Å². The predicted octanol–water partition coefficient (Wildman–Crippen LogP) is 10.4. The van der Waals surface area contributed by atoms with E-state index in [0.29, 0.717) is 0 Å². The van der Waals surface area contributed by atoms with Crippen LogP contribution in [0.5, 0.6) is 0 Å². The van der Waals surface area contributed by atoms with Crippen molar-refractivity contribution < 1.29 is 0 Å². The summed E-state index contributed by atoms with van der Waals surface area (Å²) in [6.07, 6.45) is 1.86. The molecule has 58 heavy (non-hydrogen) atoms. The number of para-hydroxylation sites is 5. The highest BCUT2D eigenvalue weighted by molar-refractivity contribution is 7.22. The molecule has 9 aromatic rings. The van der Waals surface area contributed by atoms with Gasteiger partial charge in [0.05, 0.1) is 22.5 Å². The van der Waals surface area contributed by atoms with Crippen molar-refractivity contribution in [1.82, 2.24) is 4.98 Å². The van der Waals surface area contributed by atoms with Crippen LogP contribution >= 0.6 is 0 Å². The third kappa shape index (κ3) is 4.30. The number of aromatic nitrogens is 1. The van der Waals surface area contributed by atoms with Gasteiger partial charge in [0, 0.05) is 34.5 Å². The number of pyridine rings is 1. The average molecular weight is 756 g/mol.